The normalized spacial score (nSPS) is 10.6. The Balaban J connectivity index is 1.26. The van der Waals surface area contributed by atoms with Gasteiger partial charge in [-0.1, -0.05) is 32.3 Å². The van der Waals surface area contributed by atoms with Crippen LogP contribution in [0.4, 0.5) is 0 Å². The third-order valence-electron chi connectivity index (χ3n) is 8.00. The standard InChI is InChI=1S/C42H52O11/c1-2-39(44)50-31-13-5-3-4-11-29-48-35-20-16-33(17-21-35)41(46)52-37-24-26-38(27-25-37)53-42(47)34-18-22-36(23-19-34)49-30-12-6-7-14-32-51-40(45)15-9-8-10-28-43/h2,16-27,43H,1,3-15,28-32H2. The van der Waals surface area contributed by atoms with Crippen LogP contribution in [0.2, 0.25) is 0 Å². The quantitative estimate of drug-likeness (QED) is 0.0350. The molecule has 53 heavy (non-hydrogen) atoms. The summed E-state index contributed by atoms with van der Waals surface area (Å²) < 4.78 is 32.7. The second-order valence-corrected chi connectivity index (χ2v) is 12.3. The highest BCUT2D eigenvalue weighted by Crippen LogP contribution is 2.22. The lowest BCUT2D eigenvalue weighted by Gasteiger charge is -2.09. The van der Waals surface area contributed by atoms with Crippen molar-refractivity contribution in [2.24, 2.45) is 0 Å². The number of carbonyl (C=O) groups excluding carboxylic acids is 4. The van der Waals surface area contributed by atoms with Gasteiger partial charge >= 0.3 is 23.9 Å². The van der Waals surface area contributed by atoms with Gasteiger partial charge in [0, 0.05) is 19.1 Å². The van der Waals surface area contributed by atoms with Crippen LogP contribution in [0.3, 0.4) is 0 Å². The first-order valence-electron chi connectivity index (χ1n) is 18.4. The summed E-state index contributed by atoms with van der Waals surface area (Å²) in [7, 11) is 0. The van der Waals surface area contributed by atoms with E-state index >= 15 is 0 Å². The first kappa shape index (κ1) is 42.3. The molecule has 0 fully saturated rings. The van der Waals surface area contributed by atoms with E-state index in [1.165, 1.54) is 0 Å². The molecule has 0 saturated carbocycles. The molecule has 3 aromatic carbocycles. The van der Waals surface area contributed by atoms with Crippen LogP contribution in [0.15, 0.2) is 85.5 Å². The smallest absolute Gasteiger partial charge is 0.343 e. The molecule has 0 aromatic heterocycles. The van der Waals surface area contributed by atoms with Crippen LogP contribution in [0.5, 0.6) is 23.0 Å². The van der Waals surface area contributed by atoms with Gasteiger partial charge < -0.3 is 33.5 Å². The molecule has 0 amide bonds. The van der Waals surface area contributed by atoms with Crippen LogP contribution in [0.25, 0.3) is 0 Å². The zero-order valence-electron chi connectivity index (χ0n) is 30.5. The fourth-order valence-corrected chi connectivity index (χ4v) is 5.00. The topological polar surface area (TPSA) is 144 Å². The number of rotatable bonds is 27. The van der Waals surface area contributed by atoms with Crippen molar-refractivity contribution < 1.29 is 52.7 Å². The molecular weight excluding hydrogens is 680 g/mol. The van der Waals surface area contributed by atoms with Crippen LogP contribution < -0.4 is 18.9 Å². The fourth-order valence-electron chi connectivity index (χ4n) is 5.00. The van der Waals surface area contributed by atoms with Crippen molar-refractivity contribution in [2.45, 2.75) is 83.5 Å². The zero-order chi connectivity index (χ0) is 37.9. The molecule has 0 aliphatic carbocycles. The molecule has 3 aromatic rings. The van der Waals surface area contributed by atoms with Crippen molar-refractivity contribution in [3.63, 3.8) is 0 Å². The summed E-state index contributed by atoms with van der Waals surface area (Å²) in [4.78, 5) is 48.0. The van der Waals surface area contributed by atoms with Crippen LogP contribution in [0.1, 0.15) is 104 Å². The first-order chi connectivity index (χ1) is 25.9. The Kier molecular flexibility index (Phi) is 20.5. The molecule has 0 unspecified atom stereocenters. The number of unbranched alkanes of at least 4 members (excludes halogenated alkanes) is 9. The first-order valence-corrected chi connectivity index (χ1v) is 18.4. The average Bonchev–Trinajstić information content (AvgIpc) is 3.18. The molecule has 0 aliphatic rings. The molecule has 1 N–H and O–H groups in total. The summed E-state index contributed by atoms with van der Waals surface area (Å²) >= 11 is 0. The van der Waals surface area contributed by atoms with E-state index in [-0.39, 0.29) is 12.6 Å². The number of aliphatic hydroxyl groups is 1. The highest BCUT2D eigenvalue weighted by Gasteiger charge is 2.12. The summed E-state index contributed by atoms with van der Waals surface area (Å²) in [6.45, 7) is 5.45. The molecule has 11 nitrogen and oxygen atoms in total. The fraction of sp³-hybridized carbons (Fsp3) is 0.429. The lowest BCUT2D eigenvalue weighted by atomic mass is 10.1. The van der Waals surface area contributed by atoms with E-state index in [4.69, 9.17) is 33.5 Å². The minimum Gasteiger partial charge on any atom is -0.494 e. The van der Waals surface area contributed by atoms with Gasteiger partial charge in [0.1, 0.15) is 23.0 Å². The molecule has 0 radical (unpaired) electrons. The van der Waals surface area contributed by atoms with E-state index < -0.39 is 17.9 Å². The van der Waals surface area contributed by atoms with Crippen molar-refractivity contribution in [3.8, 4) is 23.0 Å². The number of aliphatic hydroxyl groups excluding tert-OH is 1. The lowest BCUT2D eigenvalue weighted by Crippen LogP contribution is -2.10. The highest BCUT2D eigenvalue weighted by atomic mass is 16.5. The van der Waals surface area contributed by atoms with E-state index in [1.54, 1.807) is 72.8 Å². The van der Waals surface area contributed by atoms with Gasteiger partial charge in [0.25, 0.3) is 0 Å². The predicted octanol–water partition coefficient (Wildman–Crippen LogP) is 8.22. The van der Waals surface area contributed by atoms with Gasteiger partial charge in [0.05, 0.1) is 37.6 Å². The molecule has 3 rings (SSSR count). The summed E-state index contributed by atoms with van der Waals surface area (Å²) in [6, 6.07) is 19.7. The summed E-state index contributed by atoms with van der Waals surface area (Å²) in [5.74, 6) is 0.291. The van der Waals surface area contributed by atoms with Crippen molar-refractivity contribution in [2.75, 3.05) is 33.0 Å². The Morgan fingerprint density at radius 3 is 1.34 bits per heavy atom. The number of esters is 4. The van der Waals surface area contributed by atoms with Crippen LogP contribution in [-0.2, 0) is 19.1 Å². The summed E-state index contributed by atoms with van der Waals surface area (Å²) in [5, 5.41) is 8.76. The van der Waals surface area contributed by atoms with Crippen molar-refractivity contribution in [3.05, 3.63) is 96.6 Å². The largest absolute Gasteiger partial charge is 0.494 e. The Bertz CT molecular complexity index is 1520. The second kappa shape index (κ2) is 25.7. The van der Waals surface area contributed by atoms with Crippen molar-refractivity contribution in [1.82, 2.24) is 0 Å². The van der Waals surface area contributed by atoms with Gasteiger partial charge in [0.15, 0.2) is 0 Å². The Labute approximate surface area is 312 Å². The monoisotopic (exact) mass is 732 g/mol. The van der Waals surface area contributed by atoms with Gasteiger partial charge in [-0.15, -0.1) is 0 Å². The summed E-state index contributed by atoms with van der Waals surface area (Å²) in [6.07, 6.45) is 12.1. The molecule has 0 bridgehead atoms. The van der Waals surface area contributed by atoms with Crippen LogP contribution in [0, 0.1) is 0 Å². The van der Waals surface area contributed by atoms with Gasteiger partial charge in [0.2, 0.25) is 0 Å². The maximum absolute atomic E-state index is 12.7. The Hall–Kier alpha value is -5.16. The number of carbonyl (C=O) groups is 4. The third kappa shape index (κ3) is 18.2. The SMILES string of the molecule is C=CC(=O)OCCCCCCCOc1ccc(C(=O)Oc2ccc(OC(=O)c3ccc(OCCCCCCOC(=O)CCCCCO)cc3)cc2)cc1. The van der Waals surface area contributed by atoms with E-state index in [9.17, 15) is 19.2 Å². The maximum atomic E-state index is 12.7. The molecule has 0 saturated heterocycles. The predicted molar refractivity (Wildman–Crippen MR) is 199 cm³/mol. The Morgan fingerprint density at radius 1 is 0.491 bits per heavy atom. The number of hydrogen-bond donors (Lipinski definition) is 1. The van der Waals surface area contributed by atoms with Gasteiger partial charge in [-0.05, 0) is 124 Å². The second-order valence-electron chi connectivity index (χ2n) is 12.3. The van der Waals surface area contributed by atoms with E-state index in [0.29, 0.717) is 73.4 Å². The van der Waals surface area contributed by atoms with Crippen molar-refractivity contribution >= 4 is 23.9 Å². The zero-order valence-corrected chi connectivity index (χ0v) is 30.5. The van der Waals surface area contributed by atoms with Crippen molar-refractivity contribution in [1.29, 1.82) is 0 Å². The molecule has 0 atom stereocenters. The van der Waals surface area contributed by atoms with E-state index in [1.807, 2.05) is 0 Å². The highest BCUT2D eigenvalue weighted by molar-refractivity contribution is 5.92. The number of benzene rings is 3. The minimum absolute atomic E-state index is 0.153. The number of ether oxygens (including phenoxy) is 6. The molecule has 0 aliphatic heterocycles. The minimum atomic E-state index is -0.529. The third-order valence-corrected chi connectivity index (χ3v) is 8.00. The van der Waals surface area contributed by atoms with E-state index in [2.05, 4.69) is 6.58 Å². The van der Waals surface area contributed by atoms with Crippen LogP contribution >= 0.6 is 0 Å². The number of hydrogen-bond acceptors (Lipinski definition) is 11. The van der Waals surface area contributed by atoms with Crippen LogP contribution in [-0.4, -0.2) is 62.0 Å². The molecule has 0 heterocycles. The average molecular weight is 733 g/mol. The Morgan fingerprint density at radius 2 is 0.887 bits per heavy atom. The molecular formula is C42H52O11. The molecule has 286 valence electrons. The lowest BCUT2D eigenvalue weighted by molar-refractivity contribution is -0.144. The maximum Gasteiger partial charge on any atom is 0.343 e. The van der Waals surface area contributed by atoms with Gasteiger partial charge in [-0.3, -0.25) is 4.79 Å². The van der Waals surface area contributed by atoms with E-state index in [0.717, 1.165) is 76.7 Å². The molecule has 0 spiro atoms. The molecule has 11 heteroatoms. The van der Waals surface area contributed by atoms with Gasteiger partial charge in [-0.2, -0.15) is 0 Å². The van der Waals surface area contributed by atoms with Gasteiger partial charge in [-0.25, -0.2) is 14.4 Å². The summed E-state index contributed by atoms with van der Waals surface area (Å²) in [5.41, 5.74) is 0.735.